The Kier molecular flexibility index (Phi) is 16.3. The third kappa shape index (κ3) is 11.5. The van der Waals surface area contributed by atoms with Crippen LogP contribution in [-0.4, -0.2) is 54.9 Å². The third-order valence-corrected chi connectivity index (χ3v) is 9.16. The Morgan fingerprint density at radius 2 is 1.67 bits per heavy atom. The summed E-state index contributed by atoms with van der Waals surface area (Å²) in [5.41, 5.74) is 5.20. The molecule has 242 valence electrons. The number of methoxy groups -OCH3 is 1. The maximum absolute atomic E-state index is 13.4. The van der Waals surface area contributed by atoms with Crippen LogP contribution < -0.4 is 28.9 Å². The molecule has 7 nitrogen and oxygen atoms in total. The third-order valence-electron chi connectivity index (χ3n) is 8.52. The second-order valence-corrected chi connectivity index (χ2v) is 12.9. The van der Waals surface area contributed by atoms with E-state index in [1.807, 2.05) is 73.8 Å². The summed E-state index contributed by atoms with van der Waals surface area (Å²) in [6, 6.07) is 20.6. The molecule has 2 N–H and O–H groups in total. The molecular formula is C37H47LiNO6S+. The van der Waals surface area contributed by atoms with Crippen LogP contribution in [0.5, 0.6) is 5.75 Å². The summed E-state index contributed by atoms with van der Waals surface area (Å²) in [5.74, 6) is 0.695. The fourth-order valence-corrected chi connectivity index (χ4v) is 6.40. The zero-order valence-corrected chi connectivity index (χ0v) is 28.6. The molecule has 3 aromatic carbocycles. The van der Waals surface area contributed by atoms with Crippen LogP contribution in [0, 0.1) is 12.8 Å². The second-order valence-electron chi connectivity index (χ2n) is 11.9. The Morgan fingerprint density at radius 1 is 0.957 bits per heavy atom. The number of ether oxygens (including phenoxy) is 3. The molecule has 1 aliphatic rings. The molecule has 9 heteroatoms. The summed E-state index contributed by atoms with van der Waals surface area (Å²) in [6.07, 6.45) is 9.59. The summed E-state index contributed by atoms with van der Waals surface area (Å²) in [7, 11) is 1.66. The number of hydrogen-bond donors (Lipinski definition) is 2. The van der Waals surface area contributed by atoms with Crippen molar-refractivity contribution >= 4 is 23.6 Å². The average Bonchev–Trinajstić information content (AvgIpc) is 3.06. The second kappa shape index (κ2) is 19.8. The predicted molar refractivity (Wildman–Crippen MR) is 181 cm³/mol. The fraction of sp³-hybridized carbons (Fsp3) is 0.459. The van der Waals surface area contributed by atoms with Crippen molar-refractivity contribution in [3.8, 4) is 16.9 Å². The smallest absolute Gasteiger partial charge is 0.497 e. The van der Waals surface area contributed by atoms with Crippen molar-refractivity contribution in [2.45, 2.75) is 77.2 Å². The number of nitrogens with one attached hydrogen (secondary N) is 1. The topological polar surface area (TPSA) is 94.1 Å². The van der Waals surface area contributed by atoms with Crippen molar-refractivity contribution in [1.82, 2.24) is 5.32 Å². The molecule has 1 saturated carbocycles. The minimum absolute atomic E-state index is 0. The molecule has 0 aliphatic heterocycles. The van der Waals surface area contributed by atoms with Gasteiger partial charge >= 0.3 is 24.8 Å². The SMILES string of the molecule is COc1ccc(COC(COCc2ccc(C(=O)NC(CCSC)C(=O)O)c(-c3ccccc3C)c2)CC2CCCCC2)cc1.[Li+]. The Labute approximate surface area is 290 Å². The monoisotopic (exact) mass is 640 g/mol. The Bertz CT molecular complexity index is 1380. The molecule has 4 rings (SSSR count). The van der Waals surface area contributed by atoms with E-state index in [1.54, 1.807) is 24.9 Å². The number of rotatable bonds is 17. The van der Waals surface area contributed by atoms with E-state index in [1.165, 1.54) is 32.1 Å². The molecule has 3 aromatic rings. The zero-order valence-electron chi connectivity index (χ0n) is 27.8. The number of carboxylic acid groups (broad SMARTS) is 1. The van der Waals surface area contributed by atoms with Gasteiger partial charge in [-0.15, -0.1) is 0 Å². The number of carboxylic acids is 1. The summed E-state index contributed by atoms with van der Waals surface area (Å²) >= 11 is 1.55. The van der Waals surface area contributed by atoms with Crippen LogP contribution in [0.15, 0.2) is 66.7 Å². The Morgan fingerprint density at radius 3 is 2.35 bits per heavy atom. The van der Waals surface area contributed by atoms with Crippen LogP contribution in [0.1, 0.15) is 72.0 Å². The van der Waals surface area contributed by atoms with E-state index in [0.717, 1.165) is 40.0 Å². The van der Waals surface area contributed by atoms with Crippen molar-refractivity contribution < 1.29 is 47.8 Å². The first kappa shape index (κ1) is 37.7. The van der Waals surface area contributed by atoms with Crippen LogP contribution in [0.3, 0.4) is 0 Å². The molecule has 0 radical (unpaired) electrons. The van der Waals surface area contributed by atoms with Gasteiger partial charge in [-0.1, -0.05) is 74.6 Å². The molecule has 2 atom stereocenters. The van der Waals surface area contributed by atoms with Crippen LogP contribution in [-0.2, 0) is 27.5 Å². The molecule has 0 bridgehead atoms. The maximum atomic E-state index is 13.4. The fourth-order valence-electron chi connectivity index (χ4n) is 5.93. The van der Waals surface area contributed by atoms with Gasteiger partial charge in [0.25, 0.3) is 5.91 Å². The summed E-state index contributed by atoms with van der Waals surface area (Å²) in [4.78, 5) is 25.3. The van der Waals surface area contributed by atoms with Crippen molar-refractivity contribution in [2.75, 3.05) is 25.7 Å². The van der Waals surface area contributed by atoms with Crippen molar-refractivity contribution in [3.05, 3.63) is 89.0 Å². The van der Waals surface area contributed by atoms with Crippen molar-refractivity contribution in [3.63, 3.8) is 0 Å². The van der Waals surface area contributed by atoms with Gasteiger partial charge in [0.05, 0.1) is 33.0 Å². The van der Waals surface area contributed by atoms with Gasteiger partial charge in [0.15, 0.2) is 0 Å². The van der Waals surface area contributed by atoms with Gasteiger partial charge in [-0.2, -0.15) is 11.8 Å². The molecule has 0 heterocycles. The van der Waals surface area contributed by atoms with Gasteiger partial charge in [0, 0.05) is 5.56 Å². The van der Waals surface area contributed by atoms with Crippen LogP contribution in [0.25, 0.3) is 11.1 Å². The van der Waals surface area contributed by atoms with E-state index in [4.69, 9.17) is 14.2 Å². The molecule has 1 aliphatic carbocycles. The van der Waals surface area contributed by atoms with Gasteiger partial charge in [-0.05, 0) is 89.8 Å². The number of benzene rings is 3. The molecular weight excluding hydrogens is 593 g/mol. The van der Waals surface area contributed by atoms with Gasteiger partial charge in [-0.25, -0.2) is 4.79 Å². The minimum atomic E-state index is -1.03. The van der Waals surface area contributed by atoms with E-state index in [2.05, 4.69) is 5.32 Å². The number of aliphatic carboxylic acids is 1. The van der Waals surface area contributed by atoms with Gasteiger partial charge in [-0.3, -0.25) is 4.79 Å². The van der Waals surface area contributed by atoms with E-state index in [-0.39, 0.29) is 25.0 Å². The summed E-state index contributed by atoms with van der Waals surface area (Å²) in [5, 5.41) is 12.4. The summed E-state index contributed by atoms with van der Waals surface area (Å²) in [6.45, 7) is 3.37. The largest absolute Gasteiger partial charge is 1.00 e. The van der Waals surface area contributed by atoms with Crippen molar-refractivity contribution in [1.29, 1.82) is 0 Å². The van der Waals surface area contributed by atoms with Crippen LogP contribution in [0.2, 0.25) is 0 Å². The standard InChI is InChI=1S/C37H47NO6S.Li/c1-26-9-7-8-12-32(26)34-22-29(15-18-33(34)36(39)38-35(37(40)41)19-20-45-3)23-43-25-31(21-27-10-5-4-6-11-27)44-24-28-13-16-30(42-2)17-14-28;/h7-9,12-18,22,27,31,35H,4-6,10-11,19-21,23-25H2,1-3H3,(H,38,39)(H,40,41);/q;+1. The average molecular weight is 641 g/mol. The molecule has 0 aromatic heterocycles. The quantitative estimate of drug-likeness (QED) is 0.207. The summed E-state index contributed by atoms with van der Waals surface area (Å²) < 4.78 is 18.0. The molecule has 0 saturated heterocycles. The number of amides is 1. The normalized spacial score (nSPS) is 14.6. The maximum Gasteiger partial charge on any atom is 1.00 e. The molecule has 1 fully saturated rings. The van der Waals surface area contributed by atoms with Crippen LogP contribution >= 0.6 is 11.8 Å². The van der Waals surface area contributed by atoms with Gasteiger partial charge < -0.3 is 24.6 Å². The molecule has 46 heavy (non-hydrogen) atoms. The first-order valence-electron chi connectivity index (χ1n) is 15.9. The number of carbonyl (C=O) groups is 2. The Hall–Kier alpha value is -2.73. The first-order chi connectivity index (χ1) is 21.9. The minimum Gasteiger partial charge on any atom is -0.497 e. The Balaban J connectivity index is 0.00000576. The zero-order chi connectivity index (χ0) is 32.0. The first-order valence-corrected chi connectivity index (χ1v) is 17.3. The molecule has 1 amide bonds. The predicted octanol–water partition coefficient (Wildman–Crippen LogP) is 4.68. The number of hydrogen-bond acceptors (Lipinski definition) is 6. The number of thioether (sulfide) groups is 1. The van der Waals surface area contributed by atoms with Gasteiger partial charge in [0.1, 0.15) is 11.8 Å². The van der Waals surface area contributed by atoms with Crippen LogP contribution in [0.4, 0.5) is 0 Å². The number of carbonyl (C=O) groups excluding carboxylic acids is 1. The van der Waals surface area contributed by atoms with E-state index < -0.39 is 17.9 Å². The van der Waals surface area contributed by atoms with Crippen molar-refractivity contribution in [2.24, 2.45) is 5.92 Å². The molecule has 0 spiro atoms. The number of aryl methyl sites for hydroxylation is 1. The van der Waals surface area contributed by atoms with E-state index in [0.29, 0.717) is 43.5 Å². The van der Waals surface area contributed by atoms with E-state index >= 15 is 0 Å². The van der Waals surface area contributed by atoms with Gasteiger partial charge in [0.2, 0.25) is 0 Å². The van der Waals surface area contributed by atoms with E-state index in [9.17, 15) is 14.7 Å². The molecule has 2 unspecified atom stereocenters.